The van der Waals surface area contributed by atoms with Crippen LogP contribution in [0.4, 0.5) is 0 Å². The van der Waals surface area contributed by atoms with Crippen molar-refractivity contribution in [2.24, 2.45) is 7.05 Å². The van der Waals surface area contributed by atoms with E-state index in [0.29, 0.717) is 18.7 Å². The van der Waals surface area contributed by atoms with Gasteiger partial charge in [0.05, 0.1) is 30.5 Å². The zero-order chi connectivity index (χ0) is 15.0. The van der Waals surface area contributed by atoms with Crippen molar-refractivity contribution in [2.75, 3.05) is 13.6 Å². The van der Waals surface area contributed by atoms with Crippen molar-refractivity contribution in [3.63, 3.8) is 0 Å². The first-order valence-corrected chi connectivity index (χ1v) is 6.62. The maximum atomic E-state index is 12.5. The highest BCUT2D eigenvalue weighted by molar-refractivity contribution is 5.94. The largest absolute Gasteiger partial charge is 0.357 e. The van der Waals surface area contributed by atoms with E-state index in [1.54, 1.807) is 40.8 Å². The van der Waals surface area contributed by atoms with E-state index in [2.05, 4.69) is 15.5 Å². The summed E-state index contributed by atoms with van der Waals surface area (Å²) in [5.41, 5.74) is 1.35. The minimum atomic E-state index is -0.505. The smallest absolute Gasteiger partial charge is 0.257 e. The molecule has 2 amide bonds. The number of hydrogen-bond acceptors (Lipinski definition) is 4. The fourth-order valence-corrected chi connectivity index (χ4v) is 2.52. The second kappa shape index (κ2) is 5.04. The Kier molecular flexibility index (Phi) is 3.20. The number of aryl methyl sites for hydroxylation is 1. The van der Waals surface area contributed by atoms with Gasteiger partial charge in [-0.05, 0) is 6.07 Å². The maximum Gasteiger partial charge on any atom is 0.257 e. The molecule has 1 aliphatic heterocycles. The van der Waals surface area contributed by atoms with Gasteiger partial charge in [0.2, 0.25) is 5.91 Å². The van der Waals surface area contributed by atoms with Crippen LogP contribution in [0.15, 0.2) is 24.7 Å². The van der Waals surface area contributed by atoms with E-state index in [4.69, 9.17) is 0 Å². The van der Waals surface area contributed by atoms with Crippen molar-refractivity contribution in [3.05, 3.63) is 35.9 Å². The van der Waals surface area contributed by atoms with Crippen molar-refractivity contribution in [2.45, 2.75) is 12.6 Å². The Bertz CT molecular complexity index is 688. The average molecular weight is 288 g/mol. The topological polar surface area (TPSA) is 85.1 Å². The van der Waals surface area contributed by atoms with Crippen LogP contribution >= 0.6 is 0 Å². The predicted octanol–water partition coefficient (Wildman–Crippen LogP) is -0.440. The van der Waals surface area contributed by atoms with Crippen LogP contribution in [0.5, 0.6) is 0 Å². The Balaban J connectivity index is 1.89. The van der Waals surface area contributed by atoms with E-state index in [9.17, 15) is 9.59 Å². The lowest BCUT2D eigenvalue weighted by Gasteiger charge is -2.32. The lowest BCUT2D eigenvalue weighted by atomic mass is 10.1. The van der Waals surface area contributed by atoms with E-state index in [1.807, 2.05) is 6.07 Å². The van der Waals surface area contributed by atoms with E-state index in [-0.39, 0.29) is 11.8 Å². The number of nitrogens with one attached hydrogen (secondary N) is 1. The molecular formula is C13H16N6O2. The zero-order valence-electron chi connectivity index (χ0n) is 11.9. The van der Waals surface area contributed by atoms with Crippen molar-refractivity contribution in [3.8, 4) is 0 Å². The highest BCUT2D eigenvalue weighted by Gasteiger charge is 2.33. The number of fused-ring (bicyclic) bond motifs is 1. The molecule has 1 unspecified atom stereocenters. The number of likely N-dealkylation sites (N-methyl/N-ethyl adjacent to an activating group) is 1. The number of carbonyl (C=O) groups excluding carboxylic acids is 2. The van der Waals surface area contributed by atoms with Gasteiger partial charge in [-0.25, -0.2) is 0 Å². The molecule has 0 aliphatic carbocycles. The van der Waals surface area contributed by atoms with E-state index in [0.717, 1.165) is 5.69 Å². The molecule has 0 fully saturated rings. The van der Waals surface area contributed by atoms with Gasteiger partial charge in [0.25, 0.3) is 5.91 Å². The van der Waals surface area contributed by atoms with Crippen LogP contribution in [-0.2, 0) is 18.4 Å². The number of nitrogens with zero attached hydrogens (tertiary/aromatic N) is 5. The van der Waals surface area contributed by atoms with Crippen molar-refractivity contribution >= 4 is 11.8 Å². The molecule has 0 aromatic carbocycles. The van der Waals surface area contributed by atoms with Crippen LogP contribution in [0.25, 0.3) is 0 Å². The molecular weight excluding hydrogens is 272 g/mol. The van der Waals surface area contributed by atoms with Crippen molar-refractivity contribution < 1.29 is 9.59 Å². The summed E-state index contributed by atoms with van der Waals surface area (Å²) in [5.74, 6) is -0.298. The van der Waals surface area contributed by atoms with Crippen molar-refractivity contribution in [1.29, 1.82) is 0 Å². The van der Waals surface area contributed by atoms with E-state index >= 15 is 0 Å². The van der Waals surface area contributed by atoms with Gasteiger partial charge < -0.3 is 10.2 Å². The van der Waals surface area contributed by atoms with Crippen LogP contribution in [0.3, 0.4) is 0 Å². The first-order valence-electron chi connectivity index (χ1n) is 6.62. The standard InChI is InChI=1S/C13H16N6O2/c1-14-12(20)11-8-18(7-10-3-4-15-19(10)11)13(21)9-5-16-17(2)6-9/h3-6,11H,7-8H2,1-2H3,(H,14,20). The monoisotopic (exact) mass is 288 g/mol. The molecule has 8 heteroatoms. The summed E-state index contributed by atoms with van der Waals surface area (Å²) in [5, 5.41) is 10.8. The van der Waals surface area contributed by atoms with Crippen LogP contribution in [0, 0.1) is 0 Å². The molecule has 0 radical (unpaired) electrons. The van der Waals surface area contributed by atoms with E-state index < -0.39 is 6.04 Å². The minimum Gasteiger partial charge on any atom is -0.357 e. The molecule has 3 heterocycles. The first kappa shape index (κ1) is 13.3. The Labute approximate surface area is 121 Å². The summed E-state index contributed by atoms with van der Waals surface area (Å²) in [7, 11) is 3.34. The third-order valence-corrected chi connectivity index (χ3v) is 3.58. The zero-order valence-corrected chi connectivity index (χ0v) is 11.9. The molecule has 0 spiro atoms. The molecule has 2 aromatic heterocycles. The second-order valence-electron chi connectivity index (χ2n) is 4.99. The predicted molar refractivity (Wildman–Crippen MR) is 73.3 cm³/mol. The van der Waals surface area contributed by atoms with E-state index in [1.165, 1.54) is 6.20 Å². The molecule has 0 saturated heterocycles. The van der Waals surface area contributed by atoms with Gasteiger partial charge in [-0.1, -0.05) is 0 Å². The fourth-order valence-electron chi connectivity index (χ4n) is 2.52. The van der Waals surface area contributed by atoms with Crippen LogP contribution in [0.1, 0.15) is 22.1 Å². The molecule has 3 rings (SSSR count). The Morgan fingerprint density at radius 2 is 2.19 bits per heavy atom. The van der Waals surface area contributed by atoms with Crippen LogP contribution in [-0.4, -0.2) is 49.9 Å². The molecule has 2 aromatic rings. The molecule has 110 valence electrons. The van der Waals surface area contributed by atoms with Gasteiger partial charge in [0.1, 0.15) is 6.04 Å². The third kappa shape index (κ3) is 2.28. The summed E-state index contributed by atoms with van der Waals surface area (Å²) >= 11 is 0. The minimum absolute atomic E-state index is 0.135. The molecule has 21 heavy (non-hydrogen) atoms. The molecule has 1 aliphatic rings. The molecule has 8 nitrogen and oxygen atoms in total. The molecule has 1 atom stereocenters. The number of rotatable bonds is 2. The summed E-state index contributed by atoms with van der Waals surface area (Å²) in [6.07, 6.45) is 4.84. The first-order chi connectivity index (χ1) is 10.1. The van der Waals surface area contributed by atoms with Gasteiger partial charge in [0.15, 0.2) is 0 Å². The molecule has 0 saturated carbocycles. The van der Waals surface area contributed by atoms with Gasteiger partial charge in [0, 0.05) is 26.5 Å². The number of aromatic nitrogens is 4. The number of hydrogen-bond donors (Lipinski definition) is 1. The summed E-state index contributed by atoms with van der Waals surface area (Å²) in [4.78, 5) is 26.2. The molecule has 0 bridgehead atoms. The fraction of sp³-hybridized carbons (Fsp3) is 0.385. The van der Waals surface area contributed by atoms with Crippen LogP contribution in [0.2, 0.25) is 0 Å². The summed E-state index contributed by atoms with van der Waals surface area (Å²) in [6.45, 7) is 0.725. The highest BCUT2D eigenvalue weighted by Crippen LogP contribution is 2.22. The highest BCUT2D eigenvalue weighted by atomic mass is 16.2. The van der Waals surface area contributed by atoms with Gasteiger partial charge in [-0.15, -0.1) is 0 Å². The maximum absolute atomic E-state index is 12.5. The normalized spacial score (nSPS) is 17.4. The van der Waals surface area contributed by atoms with Crippen LogP contribution < -0.4 is 5.32 Å². The van der Waals surface area contributed by atoms with Gasteiger partial charge >= 0.3 is 0 Å². The second-order valence-corrected chi connectivity index (χ2v) is 4.99. The Hall–Kier alpha value is -2.64. The van der Waals surface area contributed by atoms with Gasteiger partial charge in [-0.3, -0.25) is 19.0 Å². The number of amides is 2. The quantitative estimate of drug-likeness (QED) is 0.812. The summed E-state index contributed by atoms with van der Waals surface area (Å²) in [6, 6.07) is 1.31. The Morgan fingerprint density at radius 3 is 2.86 bits per heavy atom. The number of carbonyl (C=O) groups is 2. The molecule has 1 N–H and O–H groups in total. The SMILES string of the molecule is CNC(=O)C1CN(C(=O)c2cnn(C)c2)Cc2ccnn21. The summed E-state index contributed by atoms with van der Waals surface area (Å²) < 4.78 is 3.25. The lowest BCUT2D eigenvalue weighted by Crippen LogP contribution is -2.46. The van der Waals surface area contributed by atoms with Gasteiger partial charge in [-0.2, -0.15) is 10.2 Å². The lowest BCUT2D eigenvalue weighted by molar-refractivity contribution is -0.125. The average Bonchev–Trinajstić information content (AvgIpc) is 3.12. The Morgan fingerprint density at radius 1 is 1.38 bits per heavy atom. The van der Waals surface area contributed by atoms with Crippen molar-refractivity contribution in [1.82, 2.24) is 29.8 Å². The third-order valence-electron chi connectivity index (χ3n) is 3.58.